The van der Waals surface area contributed by atoms with E-state index in [0.717, 1.165) is 35.3 Å². The van der Waals surface area contributed by atoms with Gasteiger partial charge in [0.1, 0.15) is 12.1 Å². The summed E-state index contributed by atoms with van der Waals surface area (Å²) in [6, 6.07) is 12.1. The highest BCUT2D eigenvalue weighted by Crippen LogP contribution is 2.18. The van der Waals surface area contributed by atoms with Gasteiger partial charge in [-0.2, -0.15) is 0 Å². The van der Waals surface area contributed by atoms with Gasteiger partial charge in [0.2, 0.25) is 0 Å². The van der Waals surface area contributed by atoms with Gasteiger partial charge < -0.3 is 10.6 Å². The molecule has 0 unspecified atom stereocenters. The van der Waals surface area contributed by atoms with Gasteiger partial charge in [-0.3, -0.25) is 4.57 Å². The van der Waals surface area contributed by atoms with E-state index in [2.05, 4.69) is 20.6 Å². The minimum absolute atomic E-state index is 0.0877. The Balaban J connectivity index is 1.32. The number of carbonyl (C=O) groups is 1. The van der Waals surface area contributed by atoms with Gasteiger partial charge in [0.05, 0.1) is 11.0 Å². The number of nitrogens with one attached hydrogen (secondary N) is 2. The monoisotopic (exact) mass is 377 g/mol. The molecule has 6 heteroatoms. The Kier molecular flexibility index (Phi) is 5.85. The smallest absolute Gasteiger partial charge is 0.315 e. The molecule has 6 nitrogen and oxygen atoms in total. The first-order valence-corrected chi connectivity index (χ1v) is 10.2. The van der Waals surface area contributed by atoms with Crippen LogP contribution in [-0.2, 0) is 6.54 Å². The lowest BCUT2D eigenvalue weighted by Gasteiger charge is -2.21. The number of hydrogen-bond acceptors (Lipinski definition) is 3. The van der Waals surface area contributed by atoms with Crippen molar-refractivity contribution in [3.05, 3.63) is 54.5 Å². The van der Waals surface area contributed by atoms with E-state index in [1.807, 2.05) is 41.0 Å². The summed E-state index contributed by atoms with van der Waals surface area (Å²) < 4.78 is 1.97. The number of aromatic nitrogens is 3. The molecule has 146 valence electrons. The maximum absolute atomic E-state index is 12.2. The number of benzene rings is 1. The zero-order valence-corrected chi connectivity index (χ0v) is 16.1. The van der Waals surface area contributed by atoms with Crippen molar-refractivity contribution in [2.24, 2.45) is 0 Å². The van der Waals surface area contributed by atoms with Gasteiger partial charge >= 0.3 is 6.03 Å². The van der Waals surface area contributed by atoms with E-state index in [1.165, 1.54) is 32.1 Å². The average molecular weight is 377 g/mol. The van der Waals surface area contributed by atoms with E-state index in [0.29, 0.717) is 12.6 Å². The Hall–Kier alpha value is -2.89. The highest BCUT2D eigenvalue weighted by atomic mass is 16.2. The molecule has 4 rings (SSSR count). The zero-order chi connectivity index (χ0) is 19.2. The first-order chi connectivity index (χ1) is 13.8. The number of pyridine rings is 1. The van der Waals surface area contributed by atoms with Crippen molar-refractivity contribution in [1.29, 1.82) is 0 Å². The van der Waals surface area contributed by atoms with Crippen LogP contribution < -0.4 is 10.6 Å². The number of amides is 2. The molecule has 1 fully saturated rings. The Bertz CT molecular complexity index is 910. The number of rotatable bonds is 4. The largest absolute Gasteiger partial charge is 0.335 e. The van der Waals surface area contributed by atoms with Gasteiger partial charge in [-0.25, -0.2) is 14.8 Å². The first-order valence-electron chi connectivity index (χ1n) is 10.2. The molecule has 3 aromatic rings. The molecule has 2 amide bonds. The van der Waals surface area contributed by atoms with Crippen LogP contribution in [0.4, 0.5) is 4.79 Å². The van der Waals surface area contributed by atoms with Crippen LogP contribution in [0.25, 0.3) is 16.9 Å². The molecule has 0 saturated heterocycles. The molecule has 1 aliphatic rings. The Labute approximate surface area is 165 Å². The molecule has 2 heterocycles. The van der Waals surface area contributed by atoms with Gasteiger partial charge in [0.25, 0.3) is 0 Å². The fourth-order valence-corrected chi connectivity index (χ4v) is 3.82. The quantitative estimate of drug-likeness (QED) is 0.711. The second-order valence-electron chi connectivity index (χ2n) is 7.50. The molecule has 1 aliphatic carbocycles. The summed E-state index contributed by atoms with van der Waals surface area (Å²) in [6.45, 7) is 0.469. The lowest BCUT2D eigenvalue weighted by molar-refractivity contribution is 0.233. The van der Waals surface area contributed by atoms with Gasteiger partial charge in [-0.15, -0.1) is 0 Å². The second kappa shape index (κ2) is 8.87. The topological polar surface area (TPSA) is 71.8 Å². The fraction of sp³-hybridized carbons (Fsp3) is 0.409. The zero-order valence-electron chi connectivity index (χ0n) is 16.1. The molecule has 28 heavy (non-hydrogen) atoms. The lowest BCUT2D eigenvalue weighted by Crippen LogP contribution is -2.42. The maximum atomic E-state index is 12.2. The molecule has 2 N–H and O–H groups in total. The standard InChI is InChI=1S/C22H27N5O/c28-22(26-18-8-4-2-1-3-5-9-18)24-15-17-12-13-21(23-14-17)27-16-25-19-10-6-7-11-20(19)27/h6-7,10-14,16,18H,1-5,8-9,15H2,(H2,24,26,28). The Morgan fingerprint density at radius 3 is 2.57 bits per heavy atom. The summed E-state index contributed by atoms with van der Waals surface area (Å²) in [5, 5.41) is 6.08. The number of urea groups is 1. The molecular formula is C22H27N5O. The third kappa shape index (κ3) is 4.50. The van der Waals surface area contributed by atoms with Crippen molar-refractivity contribution in [1.82, 2.24) is 25.2 Å². The van der Waals surface area contributed by atoms with Gasteiger partial charge in [0.15, 0.2) is 0 Å². The molecule has 0 atom stereocenters. The van der Waals surface area contributed by atoms with Crippen LogP contribution in [0.5, 0.6) is 0 Å². The molecule has 0 bridgehead atoms. The summed E-state index contributed by atoms with van der Waals surface area (Å²) in [7, 11) is 0. The summed E-state index contributed by atoms with van der Waals surface area (Å²) in [4.78, 5) is 21.2. The predicted octanol–water partition coefficient (Wildman–Crippen LogP) is 4.33. The summed E-state index contributed by atoms with van der Waals surface area (Å²) in [5.74, 6) is 0.816. The number of hydrogen-bond donors (Lipinski definition) is 2. The molecule has 2 aromatic heterocycles. The fourth-order valence-electron chi connectivity index (χ4n) is 3.82. The van der Waals surface area contributed by atoms with E-state index in [4.69, 9.17) is 0 Å². The number of fused-ring (bicyclic) bond motifs is 1. The highest BCUT2D eigenvalue weighted by Gasteiger charge is 2.13. The van der Waals surface area contributed by atoms with Crippen molar-refractivity contribution in [2.45, 2.75) is 57.5 Å². The summed E-state index contributed by atoms with van der Waals surface area (Å²) >= 11 is 0. The molecule has 0 aliphatic heterocycles. The first kappa shape index (κ1) is 18.5. The third-order valence-electron chi connectivity index (χ3n) is 5.40. The van der Waals surface area contributed by atoms with Crippen LogP contribution in [0, 0.1) is 0 Å². The molecule has 0 radical (unpaired) electrons. The van der Waals surface area contributed by atoms with Crippen molar-refractivity contribution in [2.75, 3.05) is 0 Å². The number of nitrogens with zero attached hydrogens (tertiary/aromatic N) is 3. The number of para-hydroxylation sites is 2. The van der Waals surface area contributed by atoms with Crippen LogP contribution in [0.3, 0.4) is 0 Å². The Morgan fingerprint density at radius 2 is 1.79 bits per heavy atom. The minimum Gasteiger partial charge on any atom is -0.335 e. The van der Waals surface area contributed by atoms with Gasteiger partial charge in [-0.1, -0.05) is 50.3 Å². The maximum Gasteiger partial charge on any atom is 0.315 e. The summed E-state index contributed by atoms with van der Waals surface area (Å²) in [6.07, 6.45) is 12.1. The van der Waals surface area contributed by atoms with Crippen molar-refractivity contribution in [3.8, 4) is 5.82 Å². The predicted molar refractivity (Wildman–Crippen MR) is 110 cm³/mol. The van der Waals surface area contributed by atoms with E-state index in [-0.39, 0.29) is 6.03 Å². The van der Waals surface area contributed by atoms with Crippen LogP contribution >= 0.6 is 0 Å². The number of carbonyl (C=O) groups excluding carboxylic acids is 1. The minimum atomic E-state index is -0.0877. The normalized spacial score (nSPS) is 15.7. The lowest BCUT2D eigenvalue weighted by atomic mass is 9.97. The Morgan fingerprint density at radius 1 is 1.00 bits per heavy atom. The van der Waals surface area contributed by atoms with Gasteiger partial charge in [-0.05, 0) is 36.6 Å². The average Bonchev–Trinajstić information content (AvgIpc) is 3.13. The van der Waals surface area contributed by atoms with E-state index in [1.54, 1.807) is 12.5 Å². The van der Waals surface area contributed by atoms with E-state index < -0.39 is 0 Å². The van der Waals surface area contributed by atoms with Crippen molar-refractivity contribution < 1.29 is 4.79 Å². The van der Waals surface area contributed by atoms with Crippen molar-refractivity contribution >= 4 is 17.1 Å². The van der Waals surface area contributed by atoms with Crippen molar-refractivity contribution in [3.63, 3.8) is 0 Å². The highest BCUT2D eigenvalue weighted by molar-refractivity contribution is 5.76. The number of imidazole rings is 1. The third-order valence-corrected chi connectivity index (χ3v) is 5.40. The second-order valence-corrected chi connectivity index (χ2v) is 7.50. The molecule has 0 spiro atoms. The van der Waals surface area contributed by atoms with Crippen LogP contribution in [0.2, 0.25) is 0 Å². The molecule has 1 aromatic carbocycles. The van der Waals surface area contributed by atoms with Gasteiger partial charge in [0, 0.05) is 18.8 Å². The van der Waals surface area contributed by atoms with E-state index >= 15 is 0 Å². The molecule has 1 saturated carbocycles. The SMILES string of the molecule is O=C(NCc1ccc(-n2cnc3ccccc32)nc1)NC1CCCCCCC1. The van der Waals surface area contributed by atoms with Crippen LogP contribution in [0.1, 0.15) is 50.5 Å². The van der Waals surface area contributed by atoms with E-state index in [9.17, 15) is 4.79 Å². The summed E-state index contributed by atoms with van der Waals surface area (Å²) in [5.41, 5.74) is 2.95. The van der Waals surface area contributed by atoms with Crippen LogP contribution in [0.15, 0.2) is 48.9 Å². The molecular weight excluding hydrogens is 350 g/mol. The van der Waals surface area contributed by atoms with Crippen LogP contribution in [-0.4, -0.2) is 26.6 Å².